The molecule has 3 heteroatoms. The van der Waals surface area contributed by atoms with E-state index in [1.54, 1.807) is 0 Å². The zero-order valence-corrected chi connectivity index (χ0v) is 12.7. The van der Waals surface area contributed by atoms with Gasteiger partial charge in [0.1, 0.15) is 11.6 Å². The van der Waals surface area contributed by atoms with Gasteiger partial charge in [0.15, 0.2) is 0 Å². The molecule has 110 valence electrons. The number of nitrogens with zero attached hydrogens (tertiary/aromatic N) is 2. The van der Waals surface area contributed by atoms with E-state index in [1.807, 2.05) is 6.07 Å². The van der Waals surface area contributed by atoms with Gasteiger partial charge >= 0.3 is 0 Å². The molecule has 2 heterocycles. The minimum Gasteiger partial charge on any atom is -0.370 e. The Morgan fingerprint density at radius 3 is 2.38 bits per heavy atom. The third-order valence-corrected chi connectivity index (χ3v) is 4.04. The van der Waals surface area contributed by atoms with Crippen molar-refractivity contribution in [1.29, 1.82) is 0 Å². The van der Waals surface area contributed by atoms with Gasteiger partial charge < -0.3 is 10.2 Å². The van der Waals surface area contributed by atoms with Crippen LogP contribution in [-0.4, -0.2) is 24.6 Å². The molecule has 0 atom stereocenters. The maximum absolute atomic E-state index is 4.75. The van der Waals surface area contributed by atoms with Crippen LogP contribution in [0.3, 0.4) is 0 Å². The number of fused-ring (bicyclic) bond motifs is 1. The minimum atomic E-state index is 0.974. The van der Waals surface area contributed by atoms with Crippen LogP contribution in [0, 0.1) is 0 Å². The second kappa shape index (κ2) is 6.61. The van der Waals surface area contributed by atoms with Gasteiger partial charge in [-0.1, -0.05) is 37.3 Å². The lowest BCUT2D eigenvalue weighted by atomic mass is 10.0. The molecule has 0 radical (unpaired) electrons. The highest BCUT2D eigenvalue weighted by Gasteiger charge is 2.14. The summed E-state index contributed by atoms with van der Waals surface area (Å²) in [4.78, 5) is 7.15. The molecule has 21 heavy (non-hydrogen) atoms. The Morgan fingerprint density at radius 1 is 1.00 bits per heavy atom. The van der Waals surface area contributed by atoms with Crippen LogP contribution >= 0.6 is 0 Å². The third kappa shape index (κ3) is 3.35. The zero-order valence-electron chi connectivity index (χ0n) is 12.7. The van der Waals surface area contributed by atoms with Crippen molar-refractivity contribution in [2.45, 2.75) is 26.2 Å². The van der Waals surface area contributed by atoms with E-state index in [2.05, 4.69) is 53.5 Å². The van der Waals surface area contributed by atoms with E-state index in [4.69, 9.17) is 4.98 Å². The minimum absolute atomic E-state index is 0.974. The monoisotopic (exact) mass is 281 g/mol. The molecule has 1 aromatic carbocycles. The lowest BCUT2D eigenvalue weighted by molar-refractivity contribution is 0.790. The van der Waals surface area contributed by atoms with E-state index >= 15 is 0 Å². The first-order valence-electron chi connectivity index (χ1n) is 7.89. The molecule has 0 saturated carbocycles. The molecule has 2 aromatic rings. The Labute approximate surface area is 127 Å². The number of pyridine rings is 1. The fraction of sp³-hybridized carbons (Fsp3) is 0.389. The van der Waals surface area contributed by atoms with Gasteiger partial charge in [0.25, 0.3) is 0 Å². The number of aromatic nitrogens is 1. The highest BCUT2D eigenvalue weighted by atomic mass is 15.2. The fourth-order valence-corrected chi connectivity index (χ4v) is 2.85. The van der Waals surface area contributed by atoms with Crippen molar-refractivity contribution in [2.75, 3.05) is 29.9 Å². The van der Waals surface area contributed by atoms with E-state index < -0.39 is 0 Å². The van der Waals surface area contributed by atoms with E-state index in [9.17, 15) is 0 Å². The summed E-state index contributed by atoms with van der Waals surface area (Å²) < 4.78 is 0. The van der Waals surface area contributed by atoms with Crippen LogP contribution in [-0.2, 0) is 12.8 Å². The SMILES string of the molecule is CCCNc1cccc(N2CCc3ccccc3CC2)n1. The summed E-state index contributed by atoms with van der Waals surface area (Å²) in [5, 5.41) is 3.37. The Morgan fingerprint density at radius 2 is 1.71 bits per heavy atom. The van der Waals surface area contributed by atoms with Crippen molar-refractivity contribution in [2.24, 2.45) is 0 Å². The normalized spacial score (nSPS) is 14.4. The smallest absolute Gasteiger partial charge is 0.130 e. The molecule has 0 amide bonds. The zero-order chi connectivity index (χ0) is 14.5. The number of benzene rings is 1. The van der Waals surface area contributed by atoms with Gasteiger partial charge in [0, 0.05) is 19.6 Å². The lowest BCUT2D eigenvalue weighted by Gasteiger charge is -2.22. The number of anilines is 2. The van der Waals surface area contributed by atoms with E-state index in [-0.39, 0.29) is 0 Å². The second-order valence-electron chi connectivity index (χ2n) is 5.56. The topological polar surface area (TPSA) is 28.2 Å². The summed E-state index contributed by atoms with van der Waals surface area (Å²) in [6, 6.07) is 15.1. The highest BCUT2D eigenvalue weighted by Crippen LogP contribution is 2.20. The summed E-state index contributed by atoms with van der Waals surface area (Å²) in [5.41, 5.74) is 2.97. The average molecular weight is 281 g/mol. The Bertz CT molecular complexity index is 568. The molecule has 1 N–H and O–H groups in total. The molecule has 0 fully saturated rings. The molecule has 3 rings (SSSR count). The van der Waals surface area contributed by atoms with Gasteiger partial charge in [-0.2, -0.15) is 0 Å². The van der Waals surface area contributed by atoms with Gasteiger partial charge in [0.05, 0.1) is 0 Å². The number of hydrogen-bond acceptors (Lipinski definition) is 3. The second-order valence-corrected chi connectivity index (χ2v) is 5.56. The van der Waals surface area contributed by atoms with Gasteiger partial charge in [-0.3, -0.25) is 0 Å². The molecule has 0 unspecified atom stereocenters. The van der Waals surface area contributed by atoms with Crippen LogP contribution in [0.5, 0.6) is 0 Å². The number of hydrogen-bond donors (Lipinski definition) is 1. The highest BCUT2D eigenvalue weighted by molar-refractivity contribution is 5.48. The molecular weight excluding hydrogens is 258 g/mol. The van der Waals surface area contributed by atoms with E-state index in [0.29, 0.717) is 0 Å². The van der Waals surface area contributed by atoms with Crippen molar-refractivity contribution in [1.82, 2.24) is 4.98 Å². The fourth-order valence-electron chi connectivity index (χ4n) is 2.85. The van der Waals surface area contributed by atoms with Gasteiger partial charge in [-0.15, -0.1) is 0 Å². The molecule has 0 bridgehead atoms. The first-order chi connectivity index (χ1) is 10.4. The molecule has 1 aromatic heterocycles. The van der Waals surface area contributed by atoms with Crippen molar-refractivity contribution < 1.29 is 0 Å². The van der Waals surface area contributed by atoms with Crippen molar-refractivity contribution >= 4 is 11.6 Å². The summed E-state index contributed by atoms with van der Waals surface area (Å²) in [5.74, 6) is 2.07. The summed E-state index contributed by atoms with van der Waals surface area (Å²) in [6.07, 6.45) is 3.32. The van der Waals surface area contributed by atoms with Crippen LogP contribution in [0.4, 0.5) is 11.6 Å². The van der Waals surface area contributed by atoms with Crippen molar-refractivity contribution in [3.63, 3.8) is 0 Å². The van der Waals surface area contributed by atoms with Crippen LogP contribution in [0.1, 0.15) is 24.5 Å². The van der Waals surface area contributed by atoms with E-state index in [0.717, 1.165) is 50.5 Å². The maximum atomic E-state index is 4.75. The van der Waals surface area contributed by atoms with Gasteiger partial charge in [0.2, 0.25) is 0 Å². The first kappa shape index (κ1) is 13.9. The van der Waals surface area contributed by atoms with Gasteiger partial charge in [-0.05, 0) is 42.5 Å². The Kier molecular flexibility index (Phi) is 4.39. The van der Waals surface area contributed by atoms with Crippen molar-refractivity contribution in [3.05, 3.63) is 53.6 Å². The Balaban J connectivity index is 1.73. The molecule has 0 saturated heterocycles. The lowest BCUT2D eigenvalue weighted by Crippen LogP contribution is -2.27. The average Bonchev–Trinajstić information content (AvgIpc) is 2.76. The van der Waals surface area contributed by atoms with Crippen LogP contribution < -0.4 is 10.2 Å². The first-order valence-corrected chi connectivity index (χ1v) is 7.89. The Hall–Kier alpha value is -2.03. The van der Waals surface area contributed by atoms with Crippen LogP contribution in [0.2, 0.25) is 0 Å². The predicted octanol–water partition coefficient (Wildman–Crippen LogP) is 3.51. The quantitative estimate of drug-likeness (QED) is 0.929. The maximum Gasteiger partial charge on any atom is 0.130 e. The third-order valence-electron chi connectivity index (χ3n) is 4.04. The molecule has 0 aliphatic carbocycles. The summed E-state index contributed by atoms with van der Waals surface area (Å²) in [7, 11) is 0. The molecule has 1 aliphatic rings. The van der Waals surface area contributed by atoms with Gasteiger partial charge in [-0.25, -0.2) is 4.98 Å². The molecule has 0 spiro atoms. The number of rotatable bonds is 4. The predicted molar refractivity (Wildman–Crippen MR) is 89.1 cm³/mol. The summed E-state index contributed by atoms with van der Waals surface area (Å²) in [6.45, 7) is 5.23. The number of nitrogens with one attached hydrogen (secondary N) is 1. The summed E-state index contributed by atoms with van der Waals surface area (Å²) >= 11 is 0. The van der Waals surface area contributed by atoms with Crippen LogP contribution in [0.15, 0.2) is 42.5 Å². The standard InChI is InChI=1S/C18H23N3/c1-2-12-19-17-8-5-9-18(20-17)21-13-10-15-6-3-4-7-16(15)11-14-21/h3-9H,2,10-14H2,1H3,(H,19,20). The van der Waals surface area contributed by atoms with Crippen LogP contribution in [0.25, 0.3) is 0 Å². The molecule has 1 aliphatic heterocycles. The van der Waals surface area contributed by atoms with E-state index in [1.165, 1.54) is 11.1 Å². The van der Waals surface area contributed by atoms with Crippen molar-refractivity contribution in [3.8, 4) is 0 Å². The largest absolute Gasteiger partial charge is 0.370 e. The molecule has 3 nitrogen and oxygen atoms in total. The molecular formula is C18H23N3.